The van der Waals surface area contributed by atoms with Gasteiger partial charge in [0.15, 0.2) is 0 Å². The van der Waals surface area contributed by atoms with Gasteiger partial charge in [-0.2, -0.15) is 0 Å². The van der Waals surface area contributed by atoms with Crippen LogP contribution in [0.1, 0.15) is 51.0 Å². The van der Waals surface area contributed by atoms with E-state index < -0.39 is 0 Å². The largest absolute Gasteiger partial charge is 0.490 e. The molecule has 4 N–H and O–H groups in total. The van der Waals surface area contributed by atoms with Gasteiger partial charge in [0.1, 0.15) is 5.75 Å². The van der Waals surface area contributed by atoms with Crippen molar-refractivity contribution >= 4 is 11.4 Å². The number of piperidine rings is 1. The summed E-state index contributed by atoms with van der Waals surface area (Å²) >= 11 is 0. The quantitative estimate of drug-likeness (QED) is 0.820. The van der Waals surface area contributed by atoms with Crippen LogP contribution in [0.25, 0.3) is 0 Å². The van der Waals surface area contributed by atoms with E-state index in [2.05, 4.69) is 24.8 Å². The number of rotatable bonds is 5. The van der Waals surface area contributed by atoms with Crippen molar-refractivity contribution in [1.82, 2.24) is 4.90 Å². The van der Waals surface area contributed by atoms with E-state index in [-0.39, 0.29) is 0 Å². The van der Waals surface area contributed by atoms with E-state index in [1.54, 1.807) is 0 Å². The predicted octanol–water partition coefficient (Wildman–Crippen LogP) is 3.23. The molecule has 0 radical (unpaired) electrons. The van der Waals surface area contributed by atoms with Gasteiger partial charge in [-0.25, -0.2) is 0 Å². The number of nitrogen functional groups attached to an aromatic ring is 2. The second kappa shape index (κ2) is 5.99. The SMILES string of the molecule is CCN1CCC(c2ccc(N)c(N)c2OCC2(C)CC2)CC1. The Morgan fingerprint density at radius 2 is 1.91 bits per heavy atom. The lowest BCUT2D eigenvalue weighted by Crippen LogP contribution is -2.32. The Bertz CT molecular complexity index is 531. The van der Waals surface area contributed by atoms with E-state index in [1.807, 2.05) is 6.07 Å². The average Bonchev–Trinajstić information content (AvgIpc) is 3.27. The van der Waals surface area contributed by atoms with E-state index >= 15 is 0 Å². The van der Waals surface area contributed by atoms with Gasteiger partial charge in [0.25, 0.3) is 0 Å². The molecule has 2 aliphatic rings. The van der Waals surface area contributed by atoms with Gasteiger partial charge in [-0.3, -0.25) is 0 Å². The summed E-state index contributed by atoms with van der Waals surface area (Å²) < 4.78 is 6.16. The van der Waals surface area contributed by atoms with E-state index in [4.69, 9.17) is 16.2 Å². The molecule has 1 aliphatic heterocycles. The fourth-order valence-corrected chi connectivity index (χ4v) is 3.28. The molecule has 1 heterocycles. The molecule has 2 fully saturated rings. The van der Waals surface area contributed by atoms with Crippen molar-refractivity contribution in [2.45, 2.75) is 45.4 Å². The average molecular weight is 303 g/mol. The van der Waals surface area contributed by atoms with Crippen LogP contribution in [-0.2, 0) is 0 Å². The van der Waals surface area contributed by atoms with Gasteiger partial charge >= 0.3 is 0 Å². The van der Waals surface area contributed by atoms with Crippen molar-refractivity contribution in [2.75, 3.05) is 37.7 Å². The van der Waals surface area contributed by atoms with Crippen LogP contribution in [-0.4, -0.2) is 31.1 Å². The minimum absolute atomic E-state index is 0.347. The highest BCUT2D eigenvalue weighted by Gasteiger charge is 2.38. The van der Waals surface area contributed by atoms with Crippen LogP contribution in [0.5, 0.6) is 5.75 Å². The highest BCUT2D eigenvalue weighted by Crippen LogP contribution is 2.47. The van der Waals surface area contributed by atoms with Crippen molar-refractivity contribution in [1.29, 1.82) is 0 Å². The third-order valence-electron chi connectivity index (χ3n) is 5.40. The first-order chi connectivity index (χ1) is 10.5. The van der Waals surface area contributed by atoms with Crippen LogP contribution in [0.4, 0.5) is 11.4 Å². The minimum atomic E-state index is 0.347. The molecule has 1 saturated carbocycles. The fourth-order valence-electron chi connectivity index (χ4n) is 3.28. The Kier molecular flexibility index (Phi) is 4.22. The second-order valence-corrected chi connectivity index (χ2v) is 7.29. The zero-order valence-corrected chi connectivity index (χ0v) is 13.9. The van der Waals surface area contributed by atoms with Crippen molar-refractivity contribution in [2.24, 2.45) is 5.41 Å². The minimum Gasteiger partial charge on any atom is -0.490 e. The van der Waals surface area contributed by atoms with Gasteiger partial charge in [0.05, 0.1) is 18.0 Å². The highest BCUT2D eigenvalue weighted by atomic mass is 16.5. The number of nitrogens with two attached hydrogens (primary N) is 2. The molecule has 22 heavy (non-hydrogen) atoms. The van der Waals surface area contributed by atoms with E-state index in [0.29, 0.717) is 22.7 Å². The third kappa shape index (κ3) is 3.17. The molecule has 0 unspecified atom stereocenters. The van der Waals surface area contributed by atoms with Gasteiger partial charge in [-0.05, 0) is 62.9 Å². The van der Waals surface area contributed by atoms with Crippen LogP contribution in [0, 0.1) is 5.41 Å². The first-order valence-corrected chi connectivity index (χ1v) is 8.55. The molecular formula is C18H29N3O. The molecule has 0 amide bonds. The third-order valence-corrected chi connectivity index (χ3v) is 5.40. The molecule has 1 aromatic rings. The lowest BCUT2D eigenvalue weighted by Gasteiger charge is -2.32. The topological polar surface area (TPSA) is 64.5 Å². The van der Waals surface area contributed by atoms with Crippen LogP contribution in [0.3, 0.4) is 0 Å². The smallest absolute Gasteiger partial charge is 0.147 e. The summed E-state index contributed by atoms with van der Waals surface area (Å²) in [7, 11) is 0. The molecule has 0 aromatic heterocycles. The maximum atomic E-state index is 6.23. The molecule has 1 aromatic carbocycles. The van der Waals surface area contributed by atoms with Gasteiger partial charge in [0, 0.05) is 5.41 Å². The van der Waals surface area contributed by atoms with Crippen molar-refractivity contribution in [3.8, 4) is 5.75 Å². The maximum Gasteiger partial charge on any atom is 0.147 e. The van der Waals surface area contributed by atoms with E-state index in [0.717, 1.165) is 32.0 Å². The molecule has 0 spiro atoms. The normalized spacial score (nSPS) is 21.7. The van der Waals surface area contributed by atoms with Gasteiger partial charge < -0.3 is 21.1 Å². The second-order valence-electron chi connectivity index (χ2n) is 7.29. The number of likely N-dealkylation sites (tertiary alicyclic amines) is 1. The van der Waals surface area contributed by atoms with Crippen molar-refractivity contribution < 1.29 is 4.74 Å². The number of benzene rings is 1. The summed E-state index contributed by atoms with van der Waals surface area (Å²) in [6.45, 7) is 8.70. The van der Waals surface area contributed by atoms with Crippen molar-refractivity contribution in [3.05, 3.63) is 17.7 Å². The standard InChI is InChI=1S/C18H29N3O/c1-3-21-10-6-13(7-11-21)14-4-5-15(19)16(20)17(14)22-12-18(2)8-9-18/h4-5,13H,3,6-12,19-20H2,1-2H3. The van der Waals surface area contributed by atoms with Gasteiger partial charge in [0.2, 0.25) is 0 Å². The summed E-state index contributed by atoms with van der Waals surface area (Å²) in [5, 5.41) is 0. The summed E-state index contributed by atoms with van der Waals surface area (Å²) in [6, 6.07) is 4.06. The first kappa shape index (κ1) is 15.5. The molecule has 1 aliphatic carbocycles. The number of anilines is 2. The van der Waals surface area contributed by atoms with E-state index in [1.165, 1.54) is 31.2 Å². The number of hydrogen-bond acceptors (Lipinski definition) is 4. The number of ether oxygens (including phenoxy) is 1. The Hall–Kier alpha value is -1.42. The Labute approximate surface area is 133 Å². The number of nitrogens with zero attached hydrogens (tertiary/aromatic N) is 1. The zero-order chi connectivity index (χ0) is 15.7. The fraction of sp³-hybridized carbons (Fsp3) is 0.667. The van der Waals surface area contributed by atoms with Gasteiger partial charge in [-0.1, -0.05) is 19.9 Å². The lowest BCUT2D eigenvalue weighted by atomic mass is 9.88. The summed E-state index contributed by atoms with van der Waals surface area (Å²) in [6.07, 6.45) is 4.84. The molecule has 4 heteroatoms. The molecule has 0 atom stereocenters. The first-order valence-electron chi connectivity index (χ1n) is 8.55. The molecule has 4 nitrogen and oxygen atoms in total. The number of hydrogen-bond donors (Lipinski definition) is 2. The Morgan fingerprint density at radius 3 is 2.50 bits per heavy atom. The highest BCUT2D eigenvalue weighted by molar-refractivity contribution is 5.73. The monoisotopic (exact) mass is 303 g/mol. The Morgan fingerprint density at radius 1 is 1.23 bits per heavy atom. The summed E-state index contributed by atoms with van der Waals surface area (Å²) in [5.41, 5.74) is 15.1. The van der Waals surface area contributed by atoms with Crippen LogP contribution in [0.2, 0.25) is 0 Å². The van der Waals surface area contributed by atoms with Crippen LogP contribution >= 0.6 is 0 Å². The van der Waals surface area contributed by atoms with Crippen LogP contribution in [0.15, 0.2) is 12.1 Å². The summed E-state index contributed by atoms with van der Waals surface area (Å²) in [5.74, 6) is 1.38. The van der Waals surface area contributed by atoms with E-state index in [9.17, 15) is 0 Å². The summed E-state index contributed by atoms with van der Waals surface area (Å²) in [4.78, 5) is 2.50. The predicted molar refractivity (Wildman–Crippen MR) is 92.2 cm³/mol. The molecule has 1 saturated heterocycles. The van der Waals surface area contributed by atoms with Crippen molar-refractivity contribution in [3.63, 3.8) is 0 Å². The maximum absolute atomic E-state index is 6.23. The van der Waals surface area contributed by atoms with Crippen LogP contribution < -0.4 is 16.2 Å². The molecule has 122 valence electrons. The Balaban J connectivity index is 1.79. The lowest BCUT2D eigenvalue weighted by molar-refractivity contribution is 0.214. The molecular weight excluding hydrogens is 274 g/mol. The zero-order valence-electron chi connectivity index (χ0n) is 13.9. The molecule has 3 rings (SSSR count). The van der Waals surface area contributed by atoms with Gasteiger partial charge in [-0.15, -0.1) is 0 Å². The molecule has 0 bridgehead atoms.